The van der Waals surface area contributed by atoms with Crippen molar-refractivity contribution in [2.24, 2.45) is 7.05 Å². The molecule has 0 aromatic carbocycles. The zero-order valence-electron chi connectivity index (χ0n) is 13.8. The number of ether oxygens (including phenoxy) is 2. The largest absolute Gasteiger partial charge is 0.493 e. The third-order valence-corrected chi connectivity index (χ3v) is 4.51. The SMILES string of the molecule is CCNC(c1c(OC)cnn1C)C1(OCC)CCCCC1. The van der Waals surface area contributed by atoms with Crippen LogP contribution in [0, 0.1) is 0 Å². The standard InChI is InChI=1S/C16H29N3O2/c1-5-17-15(14-13(20-4)12-18-19(14)3)16(21-6-2)10-8-7-9-11-16/h12,15,17H,5-11H2,1-4H3. The Kier molecular flexibility index (Phi) is 5.65. The van der Waals surface area contributed by atoms with Crippen molar-refractivity contribution in [1.82, 2.24) is 15.1 Å². The minimum atomic E-state index is -0.149. The molecule has 0 aliphatic heterocycles. The summed E-state index contributed by atoms with van der Waals surface area (Å²) in [5.41, 5.74) is 0.944. The molecular formula is C16H29N3O2. The van der Waals surface area contributed by atoms with Gasteiger partial charge in [-0.25, -0.2) is 0 Å². The van der Waals surface area contributed by atoms with Gasteiger partial charge >= 0.3 is 0 Å². The molecule has 1 atom stereocenters. The molecule has 120 valence electrons. The van der Waals surface area contributed by atoms with Crippen LogP contribution in [-0.2, 0) is 11.8 Å². The highest BCUT2D eigenvalue weighted by Gasteiger charge is 2.43. The summed E-state index contributed by atoms with van der Waals surface area (Å²) < 4.78 is 13.8. The number of nitrogens with one attached hydrogen (secondary N) is 1. The number of rotatable bonds is 7. The summed E-state index contributed by atoms with van der Waals surface area (Å²) in [7, 11) is 3.68. The first-order valence-electron chi connectivity index (χ1n) is 8.11. The highest BCUT2D eigenvalue weighted by Crippen LogP contribution is 2.43. The van der Waals surface area contributed by atoms with Crippen LogP contribution in [0.2, 0.25) is 0 Å². The summed E-state index contributed by atoms with van der Waals surface area (Å²) >= 11 is 0. The van der Waals surface area contributed by atoms with Gasteiger partial charge in [0.2, 0.25) is 0 Å². The molecule has 5 nitrogen and oxygen atoms in total. The topological polar surface area (TPSA) is 48.3 Å². The van der Waals surface area contributed by atoms with Crippen molar-refractivity contribution in [2.45, 2.75) is 57.6 Å². The van der Waals surface area contributed by atoms with E-state index in [0.29, 0.717) is 0 Å². The van der Waals surface area contributed by atoms with Crippen molar-refractivity contribution in [3.8, 4) is 5.75 Å². The lowest BCUT2D eigenvalue weighted by Gasteiger charge is -2.43. The van der Waals surface area contributed by atoms with E-state index < -0.39 is 0 Å². The molecule has 21 heavy (non-hydrogen) atoms. The van der Waals surface area contributed by atoms with Gasteiger partial charge in [-0.15, -0.1) is 0 Å². The van der Waals surface area contributed by atoms with Crippen LogP contribution in [0.4, 0.5) is 0 Å². The predicted octanol–water partition coefficient (Wildman–Crippen LogP) is 2.82. The van der Waals surface area contributed by atoms with E-state index in [4.69, 9.17) is 9.47 Å². The third kappa shape index (κ3) is 3.24. The minimum Gasteiger partial charge on any atom is -0.493 e. The Morgan fingerprint density at radius 1 is 1.33 bits per heavy atom. The number of likely N-dealkylation sites (N-methyl/N-ethyl adjacent to an activating group) is 1. The zero-order valence-corrected chi connectivity index (χ0v) is 13.8. The summed E-state index contributed by atoms with van der Waals surface area (Å²) in [6, 6.07) is 0.116. The fraction of sp³-hybridized carbons (Fsp3) is 0.812. The summed E-state index contributed by atoms with van der Waals surface area (Å²) in [6.07, 6.45) is 7.72. The van der Waals surface area contributed by atoms with Crippen LogP contribution < -0.4 is 10.1 Å². The van der Waals surface area contributed by atoms with Crippen molar-refractivity contribution in [2.75, 3.05) is 20.3 Å². The number of aryl methyl sites for hydroxylation is 1. The lowest BCUT2D eigenvalue weighted by molar-refractivity contribution is -0.0928. The van der Waals surface area contributed by atoms with Gasteiger partial charge in [0.1, 0.15) is 0 Å². The van der Waals surface area contributed by atoms with Gasteiger partial charge in [-0.3, -0.25) is 4.68 Å². The van der Waals surface area contributed by atoms with Crippen molar-refractivity contribution < 1.29 is 9.47 Å². The van der Waals surface area contributed by atoms with Gasteiger partial charge in [0, 0.05) is 13.7 Å². The second kappa shape index (κ2) is 7.27. The lowest BCUT2D eigenvalue weighted by Crippen LogP contribution is -2.48. The first-order chi connectivity index (χ1) is 10.2. The second-order valence-electron chi connectivity index (χ2n) is 5.77. The molecule has 1 heterocycles. The number of hydrogen-bond donors (Lipinski definition) is 1. The summed E-state index contributed by atoms with van der Waals surface area (Å²) in [5.74, 6) is 0.841. The Morgan fingerprint density at radius 2 is 2.05 bits per heavy atom. The Morgan fingerprint density at radius 3 is 2.62 bits per heavy atom. The predicted molar refractivity (Wildman–Crippen MR) is 83.6 cm³/mol. The second-order valence-corrected chi connectivity index (χ2v) is 5.77. The monoisotopic (exact) mass is 295 g/mol. The average Bonchev–Trinajstić information content (AvgIpc) is 2.86. The molecule has 1 aromatic heterocycles. The highest BCUT2D eigenvalue weighted by atomic mass is 16.5. The molecule has 1 aliphatic carbocycles. The average molecular weight is 295 g/mol. The summed E-state index contributed by atoms with van der Waals surface area (Å²) in [6.45, 7) is 5.86. The molecule has 2 rings (SSSR count). The van der Waals surface area contributed by atoms with Crippen LogP contribution in [0.3, 0.4) is 0 Å². The van der Waals surface area contributed by atoms with Crippen molar-refractivity contribution >= 4 is 0 Å². The molecule has 1 N–H and O–H groups in total. The molecule has 1 saturated carbocycles. The van der Waals surface area contributed by atoms with E-state index in [0.717, 1.165) is 37.4 Å². The first-order valence-corrected chi connectivity index (χ1v) is 8.11. The Bertz CT molecular complexity index is 433. The molecule has 0 amide bonds. The van der Waals surface area contributed by atoms with Crippen LogP contribution in [-0.4, -0.2) is 35.6 Å². The number of hydrogen-bond acceptors (Lipinski definition) is 4. The Labute approximate surface area is 128 Å². The molecule has 5 heteroatoms. The molecule has 1 aromatic rings. The minimum absolute atomic E-state index is 0.116. The van der Waals surface area contributed by atoms with Crippen LogP contribution in [0.25, 0.3) is 0 Å². The van der Waals surface area contributed by atoms with E-state index in [9.17, 15) is 0 Å². The van der Waals surface area contributed by atoms with E-state index >= 15 is 0 Å². The molecule has 0 spiro atoms. The first kappa shape index (κ1) is 16.3. The van der Waals surface area contributed by atoms with Gasteiger partial charge in [-0.2, -0.15) is 5.10 Å². The summed E-state index contributed by atoms with van der Waals surface area (Å²) in [4.78, 5) is 0. The van der Waals surface area contributed by atoms with Gasteiger partial charge in [0.25, 0.3) is 0 Å². The molecular weight excluding hydrogens is 266 g/mol. The van der Waals surface area contributed by atoms with E-state index in [1.165, 1.54) is 19.3 Å². The zero-order chi connectivity index (χ0) is 15.3. The van der Waals surface area contributed by atoms with E-state index in [-0.39, 0.29) is 11.6 Å². The van der Waals surface area contributed by atoms with Gasteiger partial charge in [0.15, 0.2) is 5.75 Å². The van der Waals surface area contributed by atoms with E-state index in [1.807, 2.05) is 11.7 Å². The van der Waals surface area contributed by atoms with Crippen LogP contribution in [0.15, 0.2) is 6.20 Å². The number of methoxy groups -OCH3 is 1. The third-order valence-electron chi connectivity index (χ3n) is 4.51. The fourth-order valence-corrected chi connectivity index (χ4v) is 3.60. The van der Waals surface area contributed by atoms with E-state index in [2.05, 4.69) is 24.3 Å². The molecule has 0 bridgehead atoms. The lowest BCUT2D eigenvalue weighted by atomic mass is 9.77. The Balaban J connectivity index is 2.41. The maximum absolute atomic E-state index is 6.30. The van der Waals surface area contributed by atoms with Crippen molar-refractivity contribution in [3.05, 3.63) is 11.9 Å². The van der Waals surface area contributed by atoms with Crippen LogP contribution in [0.1, 0.15) is 57.7 Å². The smallest absolute Gasteiger partial charge is 0.161 e. The van der Waals surface area contributed by atoms with Crippen LogP contribution in [0.5, 0.6) is 5.75 Å². The molecule has 1 aliphatic rings. The highest BCUT2D eigenvalue weighted by molar-refractivity contribution is 5.31. The van der Waals surface area contributed by atoms with E-state index in [1.54, 1.807) is 13.3 Å². The Hall–Kier alpha value is -1.07. The van der Waals surface area contributed by atoms with Gasteiger partial charge in [0.05, 0.1) is 30.6 Å². The fourth-order valence-electron chi connectivity index (χ4n) is 3.60. The van der Waals surface area contributed by atoms with Crippen molar-refractivity contribution in [3.63, 3.8) is 0 Å². The van der Waals surface area contributed by atoms with Crippen molar-refractivity contribution in [1.29, 1.82) is 0 Å². The quantitative estimate of drug-likeness (QED) is 0.840. The van der Waals surface area contributed by atoms with Crippen LogP contribution >= 0.6 is 0 Å². The maximum Gasteiger partial charge on any atom is 0.161 e. The normalized spacial score (nSPS) is 19.4. The van der Waals surface area contributed by atoms with Gasteiger partial charge in [-0.1, -0.05) is 26.2 Å². The molecule has 0 saturated heterocycles. The number of nitrogens with zero attached hydrogens (tertiary/aromatic N) is 2. The maximum atomic E-state index is 6.30. The van der Waals surface area contributed by atoms with Gasteiger partial charge in [-0.05, 0) is 26.3 Å². The number of aromatic nitrogens is 2. The molecule has 0 radical (unpaired) electrons. The molecule has 1 unspecified atom stereocenters. The van der Waals surface area contributed by atoms with Gasteiger partial charge < -0.3 is 14.8 Å². The summed E-state index contributed by atoms with van der Waals surface area (Å²) in [5, 5.41) is 8.00. The molecule has 1 fully saturated rings.